The van der Waals surface area contributed by atoms with Crippen molar-refractivity contribution in [3.05, 3.63) is 23.8 Å². The fraction of sp³-hybridized carbons (Fsp3) is 0.647. The van der Waals surface area contributed by atoms with Gasteiger partial charge in [-0.25, -0.2) is 25.3 Å². The maximum atomic E-state index is 13.2. The molecule has 3 rings (SSSR count). The topological polar surface area (TPSA) is 109 Å². The van der Waals surface area contributed by atoms with E-state index in [1.54, 1.807) is 19.9 Å². The van der Waals surface area contributed by atoms with E-state index in [0.717, 1.165) is 6.42 Å². The van der Waals surface area contributed by atoms with E-state index in [0.29, 0.717) is 30.6 Å². The van der Waals surface area contributed by atoms with Crippen LogP contribution in [0.3, 0.4) is 0 Å². The Morgan fingerprint density at radius 3 is 2.39 bits per heavy atom. The molecule has 0 radical (unpaired) electrons. The fourth-order valence-corrected chi connectivity index (χ4v) is 9.24. The molecule has 11 heteroatoms. The molecular formula is C17H26N2O6S3. The second-order valence-corrected chi connectivity index (χ2v) is 13.4. The molecule has 2 aliphatic rings. The van der Waals surface area contributed by atoms with Crippen LogP contribution in [0.15, 0.2) is 23.1 Å². The van der Waals surface area contributed by atoms with Gasteiger partial charge in [0, 0.05) is 19.1 Å². The Kier molecular flexibility index (Phi) is 5.83. The third-order valence-electron chi connectivity index (χ3n) is 5.31. The second-order valence-electron chi connectivity index (χ2n) is 7.31. The van der Waals surface area contributed by atoms with Crippen molar-refractivity contribution in [2.45, 2.75) is 44.0 Å². The van der Waals surface area contributed by atoms with Crippen LogP contribution in [0.25, 0.3) is 0 Å². The van der Waals surface area contributed by atoms with E-state index >= 15 is 0 Å². The molecule has 0 N–H and O–H groups in total. The molecule has 1 aromatic rings. The third kappa shape index (κ3) is 4.07. The Bertz CT molecular complexity index is 1060. The summed E-state index contributed by atoms with van der Waals surface area (Å²) >= 11 is 0. The molecule has 0 amide bonds. The molecule has 0 bridgehead atoms. The van der Waals surface area contributed by atoms with Gasteiger partial charge in [0.1, 0.15) is 0 Å². The highest BCUT2D eigenvalue weighted by atomic mass is 32.2. The highest BCUT2D eigenvalue weighted by molar-refractivity contribution is 7.93. The summed E-state index contributed by atoms with van der Waals surface area (Å²) in [5, 5.41) is 0. The molecule has 0 spiro atoms. The minimum atomic E-state index is -3.89. The van der Waals surface area contributed by atoms with Gasteiger partial charge in [0.05, 0.1) is 27.8 Å². The molecule has 2 aliphatic heterocycles. The number of sulfonamides is 2. The van der Waals surface area contributed by atoms with Crippen molar-refractivity contribution in [2.24, 2.45) is 0 Å². The van der Waals surface area contributed by atoms with Gasteiger partial charge in [0.15, 0.2) is 9.84 Å². The van der Waals surface area contributed by atoms with Crippen LogP contribution in [0, 0.1) is 6.92 Å². The normalized spacial score (nSPS) is 24.5. The van der Waals surface area contributed by atoms with E-state index in [1.807, 2.05) is 0 Å². The van der Waals surface area contributed by atoms with Crippen LogP contribution in [0.2, 0.25) is 0 Å². The molecule has 28 heavy (non-hydrogen) atoms. The number of hydrogen-bond acceptors (Lipinski definition) is 6. The monoisotopic (exact) mass is 450 g/mol. The molecule has 1 unspecified atom stereocenters. The fourth-order valence-electron chi connectivity index (χ4n) is 3.91. The first-order valence-corrected chi connectivity index (χ1v) is 14.2. The highest BCUT2D eigenvalue weighted by Crippen LogP contribution is 2.30. The number of aryl methyl sites for hydroxylation is 1. The van der Waals surface area contributed by atoms with E-state index in [2.05, 4.69) is 0 Å². The Hall–Kier alpha value is -1.17. The van der Waals surface area contributed by atoms with Gasteiger partial charge in [-0.1, -0.05) is 6.92 Å². The van der Waals surface area contributed by atoms with E-state index in [9.17, 15) is 25.3 Å². The Morgan fingerprint density at radius 2 is 1.86 bits per heavy atom. The lowest BCUT2D eigenvalue weighted by atomic mass is 10.2. The predicted octanol–water partition coefficient (Wildman–Crippen LogP) is 1.12. The molecule has 2 heterocycles. The van der Waals surface area contributed by atoms with E-state index in [-0.39, 0.29) is 28.7 Å². The van der Waals surface area contributed by atoms with Gasteiger partial charge in [-0.05, 0) is 49.9 Å². The summed E-state index contributed by atoms with van der Waals surface area (Å²) in [7, 11) is -10.5. The SMILES string of the molecule is CCN(C1CCS(=O)(=O)C1)S(=O)(=O)c1ccc(N2CCCCS2(=O)=O)cc1C. The van der Waals surface area contributed by atoms with Crippen molar-refractivity contribution in [2.75, 3.05) is 34.7 Å². The van der Waals surface area contributed by atoms with Crippen molar-refractivity contribution in [1.82, 2.24) is 4.31 Å². The smallest absolute Gasteiger partial charge is 0.243 e. The van der Waals surface area contributed by atoms with Gasteiger partial charge in [-0.3, -0.25) is 4.31 Å². The first-order chi connectivity index (χ1) is 13.0. The van der Waals surface area contributed by atoms with E-state index in [1.165, 1.54) is 20.7 Å². The zero-order valence-electron chi connectivity index (χ0n) is 16.0. The van der Waals surface area contributed by atoms with Gasteiger partial charge in [0.2, 0.25) is 20.0 Å². The lowest BCUT2D eigenvalue weighted by molar-refractivity contribution is 0.354. The molecular weight excluding hydrogens is 424 g/mol. The lowest BCUT2D eigenvalue weighted by Crippen LogP contribution is -2.41. The van der Waals surface area contributed by atoms with Crippen molar-refractivity contribution >= 4 is 35.6 Å². The highest BCUT2D eigenvalue weighted by Gasteiger charge is 2.38. The molecule has 8 nitrogen and oxygen atoms in total. The summed E-state index contributed by atoms with van der Waals surface area (Å²) in [6.45, 7) is 3.87. The molecule has 2 fully saturated rings. The first-order valence-electron chi connectivity index (χ1n) is 9.31. The first kappa shape index (κ1) is 21.5. The lowest BCUT2D eigenvalue weighted by Gasteiger charge is -2.30. The number of rotatable bonds is 5. The van der Waals surface area contributed by atoms with Crippen LogP contribution in [-0.2, 0) is 29.9 Å². The van der Waals surface area contributed by atoms with Gasteiger partial charge >= 0.3 is 0 Å². The summed E-state index contributed by atoms with van der Waals surface area (Å²) in [6, 6.07) is 3.95. The summed E-state index contributed by atoms with van der Waals surface area (Å²) in [4.78, 5) is 0.0804. The van der Waals surface area contributed by atoms with Crippen LogP contribution in [0.5, 0.6) is 0 Å². The zero-order valence-corrected chi connectivity index (χ0v) is 18.5. The molecule has 0 aliphatic carbocycles. The van der Waals surface area contributed by atoms with Crippen LogP contribution in [0.1, 0.15) is 31.7 Å². The van der Waals surface area contributed by atoms with Crippen molar-refractivity contribution in [3.63, 3.8) is 0 Å². The standard InChI is InChI=1S/C17H26N2O6S3/c1-3-18(16-8-11-26(20,21)13-16)28(24,25)17-7-6-15(12-14(17)2)19-9-4-5-10-27(19,22)23/h6-7,12,16H,3-5,8-11,13H2,1-2H3. The van der Waals surface area contributed by atoms with Crippen molar-refractivity contribution in [1.29, 1.82) is 0 Å². The van der Waals surface area contributed by atoms with E-state index < -0.39 is 35.9 Å². The number of benzene rings is 1. The summed E-state index contributed by atoms with van der Waals surface area (Å²) in [5.74, 6) is -0.0798. The van der Waals surface area contributed by atoms with Crippen LogP contribution >= 0.6 is 0 Å². The van der Waals surface area contributed by atoms with Crippen LogP contribution in [0.4, 0.5) is 5.69 Å². The summed E-state index contributed by atoms with van der Waals surface area (Å²) in [5.41, 5.74) is 0.903. The van der Waals surface area contributed by atoms with Gasteiger partial charge < -0.3 is 0 Å². The molecule has 158 valence electrons. The second kappa shape index (κ2) is 7.58. The maximum absolute atomic E-state index is 13.2. The minimum Gasteiger partial charge on any atom is -0.270 e. The predicted molar refractivity (Wildman–Crippen MR) is 108 cm³/mol. The van der Waals surface area contributed by atoms with Crippen LogP contribution < -0.4 is 4.31 Å². The molecule has 0 aromatic heterocycles. The van der Waals surface area contributed by atoms with Gasteiger partial charge in [-0.2, -0.15) is 4.31 Å². The van der Waals surface area contributed by atoms with Crippen molar-refractivity contribution < 1.29 is 25.3 Å². The average Bonchev–Trinajstić information content (AvgIpc) is 2.94. The number of anilines is 1. The molecule has 1 aromatic carbocycles. The number of sulfone groups is 1. The number of nitrogens with zero attached hydrogens (tertiary/aromatic N) is 2. The van der Waals surface area contributed by atoms with Crippen LogP contribution in [-0.4, -0.2) is 65.9 Å². The summed E-state index contributed by atoms with van der Waals surface area (Å²) in [6.07, 6.45) is 1.68. The zero-order chi connectivity index (χ0) is 20.7. The Balaban J connectivity index is 1.94. The molecule has 2 saturated heterocycles. The van der Waals surface area contributed by atoms with Crippen molar-refractivity contribution in [3.8, 4) is 0 Å². The average molecular weight is 451 g/mol. The van der Waals surface area contributed by atoms with E-state index in [4.69, 9.17) is 0 Å². The quantitative estimate of drug-likeness (QED) is 0.665. The van der Waals surface area contributed by atoms with Gasteiger partial charge in [-0.15, -0.1) is 0 Å². The maximum Gasteiger partial charge on any atom is 0.243 e. The largest absolute Gasteiger partial charge is 0.270 e. The molecule has 1 atom stereocenters. The minimum absolute atomic E-state index is 0.00553. The number of hydrogen-bond donors (Lipinski definition) is 0. The van der Waals surface area contributed by atoms with Gasteiger partial charge in [0.25, 0.3) is 0 Å². The summed E-state index contributed by atoms with van der Waals surface area (Å²) < 4.78 is 77.2. The molecule has 0 saturated carbocycles. The Labute approximate surface area is 167 Å². The Morgan fingerprint density at radius 1 is 1.14 bits per heavy atom. The third-order valence-corrected chi connectivity index (χ3v) is 11.1.